The van der Waals surface area contributed by atoms with Crippen LogP contribution in [0.5, 0.6) is 5.75 Å². The summed E-state index contributed by atoms with van der Waals surface area (Å²) in [5.41, 5.74) is 0.877. The number of carboxylic acid groups (broad SMARTS) is 1. The van der Waals surface area contributed by atoms with Crippen LogP contribution in [0.2, 0.25) is 0 Å². The molecule has 0 aromatic heterocycles. The van der Waals surface area contributed by atoms with Crippen LogP contribution in [0.3, 0.4) is 0 Å². The van der Waals surface area contributed by atoms with Gasteiger partial charge in [0.1, 0.15) is 18.3 Å². The van der Waals surface area contributed by atoms with E-state index in [0.717, 1.165) is 11.3 Å². The lowest BCUT2D eigenvalue weighted by Crippen LogP contribution is -2.37. The van der Waals surface area contributed by atoms with Gasteiger partial charge in [-0.15, -0.1) is 0 Å². The zero-order valence-electron chi connectivity index (χ0n) is 11.0. The van der Waals surface area contributed by atoms with E-state index in [4.69, 9.17) is 9.84 Å². The largest absolute Gasteiger partial charge is 0.492 e. The Labute approximate surface area is 111 Å². The first-order valence-electron chi connectivity index (χ1n) is 6.20. The summed E-state index contributed by atoms with van der Waals surface area (Å²) in [5, 5.41) is 8.87. The number of rotatable bonds is 4. The summed E-state index contributed by atoms with van der Waals surface area (Å²) in [7, 11) is 1.63. The molecule has 2 atom stereocenters. The van der Waals surface area contributed by atoms with Crippen LogP contribution in [0.4, 0.5) is 0 Å². The molecule has 1 heterocycles. The summed E-state index contributed by atoms with van der Waals surface area (Å²) in [6, 6.07) is 7.44. The van der Waals surface area contributed by atoms with Gasteiger partial charge in [0.15, 0.2) is 0 Å². The van der Waals surface area contributed by atoms with Crippen LogP contribution < -0.4 is 4.74 Å². The molecular weight excluding hydrogens is 246 g/mol. The van der Waals surface area contributed by atoms with Gasteiger partial charge in [0.25, 0.3) is 0 Å². The zero-order chi connectivity index (χ0) is 14.0. The van der Waals surface area contributed by atoms with E-state index >= 15 is 0 Å². The Morgan fingerprint density at radius 1 is 1.47 bits per heavy atom. The molecule has 1 aromatic rings. The van der Waals surface area contributed by atoms with Crippen molar-refractivity contribution in [2.75, 3.05) is 20.2 Å². The Kier molecular flexibility index (Phi) is 3.74. The van der Waals surface area contributed by atoms with E-state index in [1.807, 2.05) is 24.3 Å². The third-order valence-electron chi connectivity index (χ3n) is 3.34. The predicted octanol–water partition coefficient (Wildman–Crippen LogP) is 1.34. The van der Waals surface area contributed by atoms with E-state index < -0.39 is 11.9 Å². The molecule has 0 saturated heterocycles. The zero-order valence-corrected chi connectivity index (χ0v) is 11.0. The highest BCUT2D eigenvalue weighted by Gasteiger charge is 2.32. The molecule has 0 spiro atoms. The molecule has 0 saturated carbocycles. The summed E-state index contributed by atoms with van der Waals surface area (Å²) in [6.07, 6.45) is 0. The lowest BCUT2D eigenvalue weighted by Gasteiger charge is -2.22. The highest BCUT2D eigenvalue weighted by Crippen LogP contribution is 2.34. The van der Waals surface area contributed by atoms with Gasteiger partial charge in [0.2, 0.25) is 5.91 Å². The fourth-order valence-electron chi connectivity index (χ4n) is 2.21. The van der Waals surface area contributed by atoms with Crippen LogP contribution in [0.15, 0.2) is 24.3 Å². The first-order valence-corrected chi connectivity index (χ1v) is 6.20. The molecular formula is C14H17NO4. The minimum Gasteiger partial charge on any atom is -0.492 e. The third kappa shape index (κ3) is 2.70. The van der Waals surface area contributed by atoms with E-state index in [9.17, 15) is 9.59 Å². The monoisotopic (exact) mass is 263 g/mol. The lowest BCUT2D eigenvalue weighted by molar-refractivity contribution is -0.142. The quantitative estimate of drug-likeness (QED) is 0.890. The highest BCUT2D eigenvalue weighted by molar-refractivity contribution is 5.85. The Balaban J connectivity index is 2.07. The van der Waals surface area contributed by atoms with E-state index in [-0.39, 0.29) is 18.4 Å². The van der Waals surface area contributed by atoms with E-state index in [1.54, 1.807) is 14.0 Å². The minimum atomic E-state index is -0.900. The molecule has 0 bridgehead atoms. The molecule has 0 aliphatic carbocycles. The number of hydrogen-bond donors (Lipinski definition) is 1. The van der Waals surface area contributed by atoms with Crippen molar-refractivity contribution in [3.8, 4) is 5.75 Å². The maximum absolute atomic E-state index is 12.3. The summed E-state index contributed by atoms with van der Waals surface area (Å²) in [6.45, 7) is 2.11. The summed E-state index contributed by atoms with van der Waals surface area (Å²) >= 11 is 0. The number of hydrogen-bond acceptors (Lipinski definition) is 3. The molecule has 0 fully saturated rings. The smallest absolute Gasteiger partial charge is 0.308 e. The van der Waals surface area contributed by atoms with Crippen molar-refractivity contribution in [2.24, 2.45) is 5.92 Å². The highest BCUT2D eigenvalue weighted by atomic mass is 16.5. The fourth-order valence-corrected chi connectivity index (χ4v) is 2.21. The topological polar surface area (TPSA) is 66.8 Å². The molecule has 1 aromatic carbocycles. The number of ether oxygens (including phenoxy) is 1. The Morgan fingerprint density at radius 2 is 2.16 bits per heavy atom. The SMILES string of the molecule is C[C@@H](CN(C)C(=O)[C@H]1COc2ccccc21)C(=O)O. The molecule has 102 valence electrons. The van der Waals surface area contributed by atoms with Crippen molar-refractivity contribution >= 4 is 11.9 Å². The van der Waals surface area contributed by atoms with Gasteiger partial charge < -0.3 is 14.7 Å². The number of likely N-dealkylation sites (N-methyl/N-ethyl adjacent to an activating group) is 1. The number of aliphatic carboxylic acids is 1. The second kappa shape index (κ2) is 5.30. The van der Waals surface area contributed by atoms with Crippen molar-refractivity contribution in [3.63, 3.8) is 0 Å². The van der Waals surface area contributed by atoms with Crippen molar-refractivity contribution in [3.05, 3.63) is 29.8 Å². The van der Waals surface area contributed by atoms with Crippen molar-refractivity contribution in [1.29, 1.82) is 0 Å². The number of carbonyl (C=O) groups is 2. The van der Waals surface area contributed by atoms with E-state index in [2.05, 4.69) is 0 Å². The third-order valence-corrected chi connectivity index (χ3v) is 3.34. The molecule has 1 aliphatic heterocycles. The Morgan fingerprint density at radius 3 is 2.84 bits per heavy atom. The van der Waals surface area contributed by atoms with Crippen LogP contribution in [0, 0.1) is 5.92 Å². The summed E-state index contributed by atoms with van der Waals surface area (Å²) in [5.74, 6) is -1.17. The van der Waals surface area contributed by atoms with Gasteiger partial charge in [0.05, 0.1) is 5.92 Å². The van der Waals surface area contributed by atoms with Gasteiger partial charge in [-0.1, -0.05) is 25.1 Å². The second-order valence-electron chi connectivity index (χ2n) is 4.86. The molecule has 1 amide bonds. The van der Waals surface area contributed by atoms with Crippen LogP contribution in [-0.4, -0.2) is 42.1 Å². The number of nitrogens with zero attached hydrogens (tertiary/aromatic N) is 1. The minimum absolute atomic E-state index is 0.0990. The standard InChI is InChI=1S/C14H17NO4/c1-9(14(17)18)7-15(2)13(16)11-8-19-12-6-4-3-5-10(11)12/h3-6,9,11H,7-8H2,1-2H3,(H,17,18)/t9-,11-/m0/s1. The normalized spacial score (nSPS) is 18.3. The fraction of sp³-hybridized carbons (Fsp3) is 0.429. The first-order chi connectivity index (χ1) is 9.00. The Bertz CT molecular complexity index is 500. The van der Waals surface area contributed by atoms with Gasteiger partial charge in [0, 0.05) is 19.2 Å². The van der Waals surface area contributed by atoms with Crippen LogP contribution in [0.1, 0.15) is 18.4 Å². The van der Waals surface area contributed by atoms with Crippen molar-refractivity contribution < 1.29 is 19.4 Å². The summed E-state index contributed by atoms with van der Waals surface area (Å²) in [4.78, 5) is 24.6. The average molecular weight is 263 g/mol. The number of amides is 1. The van der Waals surface area contributed by atoms with E-state index in [0.29, 0.717) is 6.61 Å². The molecule has 5 nitrogen and oxygen atoms in total. The molecule has 1 aliphatic rings. The van der Waals surface area contributed by atoms with Crippen molar-refractivity contribution in [2.45, 2.75) is 12.8 Å². The molecule has 1 N–H and O–H groups in total. The number of carbonyl (C=O) groups excluding carboxylic acids is 1. The number of carboxylic acids is 1. The molecule has 19 heavy (non-hydrogen) atoms. The molecule has 0 unspecified atom stereocenters. The lowest BCUT2D eigenvalue weighted by atomic mass is 9.99. The average Bonchev–Trinajstić information content (AvgIpc) is 2.81. The van der Waals surface area contributed by atoms with Gasteiger partial charge in [-0.25, -0.2) is 0 Å². The van der Waals surface area contributed by atoms with Crippen LogP contribution in [-0.2, 0) is 9.59 Å². The second-order valence-corrected chi connectivity index (χ2v) is 4.86. The predicted molar refractivity (Wildman–Crippen MR) is 69.1 cm³/mol. The number of para-hydroxylation sites is 1. The Hall–Kier alpha value is -2.04. The molecule has 0 radical (unpaired) electrons. The van der Waals surface area contributed by atoms with Gasteiger partial charge >= 0.3 is 5.97 Å². The molecule has 2 rings (SSSR count). The van der Waals surface area contributed by atoms with E-state index in [1.165, 1.54) is 4.90 Å². The maximum atomic E-state index is 12.3. The molecule has 5 heteroatoms. The van der Waals surface area contributed by atoms with Gasteiger partial charge in [-0.2, -0.15) is 0 Å². The maximum Gasteiger partial charge on any atom is 0.308 e. The van der Waals surface area contributed by atoms with Crippen LogP contribution >= 0.6 is 0 Å². The van der Waals surface area contributed by atoms with Gasteiger partial charge in [-0.3, -0.25) is 9.59 Å². The summed E-state index contributed by atoms with van der Waals surface area (Å²) < 4.78 is 5.47. The van der Waals surface area contributed by atoms with Crippen LogP contribution in [0.25, 0.3) is 0 Å². The number of benzene rings is 1. The first kappa shape index (κ1) is 13.4. The van der Waals surface area contributed by atoms with Gasteiger partial charge in [-0.05, 0) is 6.07 Å². The van der Waals surface area contributed by atoms with Crippen molar-refractivity contribution in [1.82, 2.24) is 4.90 Å². The number of fused-ring (bicyclic) bond motifs is 1.